The molecule has 5 aromatic carbocycles. The Morgan fingerprint density at radius 1 is 0.763 bits per heavy atom. The molecule has 2 N–H and O–H groups in total. The van der Waals surface area contributed by atoms with Gasteiger partial charge in [-0.3, -0.25) is 0 Å². The molecule has 0 aliphatic rings. The van der Waals surface area contributed by atoms with Crippen molar-refractivity contribution in [3.05, 3.63) is 125 Å². The molecule has 5 rings (SSSR count). The third-order valence-electron chi connectivity index (χ3n) is 7.47. The summed E-state index contributed by atoms with van der Waals surface area (Å²) < 4.78 is 30.4. The van der Waals surface area contributed by atoms with Crippen LogP contribution in [0, 0.1) is 5.92 Å². The summed E-state index contributed by atoms with van der Waals surface area (Å²) in [7, 11) is -4.01. The van der Waals surface area contributed by atoms with E-state index < -0.39 is 21.7 Å². The van der Waals surface area contributed by atoms with Crippen molar-refractivity contribution < 1.29 is 13.5 Å². The molecule has 0 amide bonds. The van der Waals surface area contributed by atoms with Crippen LogP contribution in [-0.2, 0) is 15.6 Å². The number of fused-ring (bicyclic) bond motifs is 2. The summed E-state index contributed by atoms with van der Waals surface area (Å²) in [5.74, 6) is -0.222. The first kappa shape index (κ1) is 26.4. The van der Waals surface area contributed by atoms with Crippen LogP contribution in [0.2, 0.25) is 5.02 Å². The second-order valence-corrected chi connectivity index (χ2v) is 11.9. The highest BCUT2D eigenvalue weighted by Gasteiger charge is 2.46. The van der Waals surface area contributed by atoms with Crippen molar-refractivity contribution in [2.75, 3.05) is 0 Å². The third-order valence-corrected chi connectivity index (χ3v) is 9.18. The van der Waals surface area contributed by atoms with Crippen molar-refractivity contribution in [2.45, 2.75) is 36.8 Å². The van der Waals surface area contributed by atoms with Crippen LogP contribution in [-0.4, -0.2) is 19.6 Å². The molecule has 2 atom stereocenters. The zero-order chi connectivity index (χ0) is 26.9. The predicted molar refractivity (Wildman–Crippen MR) is 156 cm³/mol. The smallest absolute Gasteiger partial charge is 0.240 e. The van der Waals surface area contributed by atoms with Gasteiger partial charge in [-0.15, -0.1) is 0 Å². The van der Waals surface area contributed by atoms with Gasteiger partial charge in [0.25, 0.3) is 0 Å². The second kappa shape index (κ2) is 10.5. The van der Waals surface area contributed by atoms with Gasteiger partial charge in [0.15, 0.2) is 0 Å². The van der Waals surface area contributed by atoms with E-state index in [-0.39, 0.29) is 10.8 Å². The zero-order valence-electron chi connectivity index (χ0n) is 21.3. The zero-order valence-corrected chi connectivity index (χ0v) is 22.9. The highest BCUT2D eigenvalue weighted by molar-refractivity contribution is 7.89. The van der Waals surface area contributed by atoms with Gasteiger partial charge in [-0.05, 0) is 62.9 Å². The minimum absolute atomic E-state index is 0.0911. The highest BCUT2D eigenvalue weighted by atomic mass is 35.5. The molecule has 0 spiro atoms. The van der Waals surface area contributed by atoms with E-state index in [0.717, 1.165) is 21.5 Å². The van der Waals surface area contributed by atoms with Crippen molar-refractivity contribution in [3.8, 4) is 0 Å². The number of aliphatic hydroxyl groups is 1. The van der Waals surface area contributed by atoms with E-state index in [2.05, 4.69) is 4.72 Å². The van der Waals surface area contributed by atoms with Crippen LogP contribution in [0.3, 0.4) is 0 Å². The van der Waals surface area contributed by atoms with Crippen LogP contribution in [0.5, 0.6) is 0 Å². The van der Waals surface area contributed by atoms with Gasteiger partial charge in [-0.2, -0.15) is 0 Å². The van der Waals surface area contributed by atoms with Crippen molar-refractivity contribution in [3.63, 3.8) is 0 Å². The lowest BCUT2D eigenvalue weighted by atomic mass is 9.72. The fraction of sp³-hybridized carbons (Fsp3) is 0.188. The fourth-order valence-corrected chi connectivity index (χ4v) is 6.79. The number of halogens is 1. The number of hydrogen-bond donors (Lipinski definition) is 2. The first-order valence-electron chi connectivity index (χ1n) is 12.7. The first-order valence-corrected chi connectivity index (χ1v) is 14.6. The van der Waals surface area contributed by atoms with E-state index >= 15 is 0 Å². The van der Waals surface area contributed by atoms with Gasteiger partial charge in [0, 0.05) is 5.02 Å². The standard InChI is InChI=1S/C32H30ClNO3S/c1-3-22(2)31(34-38(36,37)26-20-18-25(33)19-21-26)32(35,29-16-8-12-23-10-4-6-14-27(23)29)30-17-9-13-24-11-5-7-15-28(24)30/h4-22,31,34-35H,3H2,1-2H3. The van der Waals surface area contributed by atoms with E-state index in [0.29, 0.717) is 22.6 Å². The van der Waals surface area contributed by atoms with Crippen LogP contribution in [0.4, 0.5) is 0 Å². The minimum Gasteiger partial charge on any atom is -0.379 e. The Morgan fingerprint density at radius 3 is 1.74 bits per heavy atom. The molecular weight excluding hydrogens is 514 g/mol. The van der Waals surface area contributed by atoms with E-state index in [4.69, 9.17) is 11.6 Å². The topological polar surface area (TPSA) is 66.4 Å². The Morgan fingerprint density at radius 2 is 1.24 bits per heavy atom. The van der Waals surface area contributed by atoms with E-state index in [1.165, 1.54) is 12.1 Å². The second-order valence-electron chi connectivity index (χ2n) is 9.76. The molecule has 194 valence electrons. The summed E-state index contributed by atoms with van der Waals surface area (Å²) in [6.07, 6.45) is 0.644. The normalized spacial score (nSPS) is 14.0. The van der Waals surface area contributed by atoms with Gasteiger partial charge in [-0.25, -0.2) is 13.1 Å². The van der Waals surface area contributed by atoms with Crippen LogP contribution in [0.1, 0.15) is 31.4 Å². The van der Waals surface area contributed by atoms with Gasteiger partial charge in [-0.1, -0.05) is 117 Å². The first-order chi connectivity index (χ1) is 18.3. The lowest BCUT2D eigenvalue weighted by Crippen LogP contribution is -2.54. The predicted octanol–water partition coefficient (Wildman–Crippen LogP) is 7.28. The lowest BCUT2D eigenvalue weighted by Gasteiger charge is -2.41. The summed E-state index contributed by atoms with van der Waals surface area (Å²) in [5.41, 5.74) is -0.400. The van der Waals surface area contributed by atoms with Crippen molar-refractivity contribution in [2.24, 2.45) is 5.92 Å². The largest absolute Gasteiger partial charge is 0.379 e. The molecular formula is C32H30ClNO3S. The highest BCUT2D eigenvalue weighted by Crippen LogP contribution is 2.43. The molecule has 2 unspecified atom stereocenters. The van der Waals surface area contributed by atoms with Crippen LogP contribution >= 0.6 is 11.6 Å². The van der Waals surface area contributed by atoms with Crippen molar-refractivity contribution >= 4 is 43.2 Å². The van der Waals surface area contributed by atoms with Gasteiger partial charge in [0.1, 0.15) is 5.60 Å². The minimum atomic E-state index is -4.01. The SMILES string of the molecule is CCC(C)C(NS(=O)(=O)c1ccc(Cl)cc1)C(O)(c1cccc2ccccc12)c1cccc2ccccc12. The van der Waals surface area contributed by atoms with Gasteiger partial charge in [0.2, 0.25) is 10.0 Å². The fourth-order valence-electron chi connectivity index (χ4n) is 5.29. The number of sulfonamides is 1. The summed E-state index contributed by atoms with van der Waals surface area (Å²) in [6, 6.07) is 32.5. The Bertz CT molecular complexity index is 1610. The third kappa shape index (κ3) is 4.72. The molecule has 38 heavy (non-hydrogen) atoms. The maximum Gasteiger partial charge on any atom is 0.240 e. The molecule has 5 aromatic rings. The average molecular weight is 544 g/mol. The molecule has 0 heterocycles. The number of rotatable bonds is 8. The van der Waals surface area contributed by atoms with Gasteiger partial charge < -0.3 is 5.11 Å². The number of hydrogen-bond acceptors (Lipinski definition) is 3. The molecule has 0 aliphatic carbocycles. The number of nitrogens with one attached hydrogen (secondary N) is 1. The Labute approximate surface area is 229 Å². The lowest BCUT2D eigenvalue weighted by molar-refractivity contribution is 0.0274. The van der Waals surface area contributed by atoms with Crippen molar-refractivity contribution in [1.29, 1.82) is 0 Å². The maximum atomic E-state index is 13.7. The molecule has 0 radical (unpaired) electrons. The van der Waals surface area contributed by atoms with E-state index in [9.17, 15) is 13.5 Å². The summed E-state index contributed by atoms with van der Waals surface area (Å²) in [4.78, 5) is 0.0911. The molecule has 0 saturated heterocycles. The molecule has 0 saturated carbocycles. The molecule has 6 heteroatoms. The summed E-state index contributed by atoms with van der Waals surface area (Å²) in [5, 5.41) is 17.2. The summed E-state index contributed by atoms with van der Waals surface area (Å²) in [6.45, 7) is 3.97. The Kier molecular flexibility index (Phi) is 7.30. The molecule has 4 nitrogen and oxygen atoms in total. The van der Waals surface area contributed by atoms with Gasteiger partial charge in [0.05, 0.1) is 10.9 Å². The Balaban J connectivity index is 1.81. The quantitative estimate of drug-likeness (QED) is 0.216. The monoisotopic (exact) mass is 543 g/mol. The van der Waals surface area contributed by atoms with Crippen molar-refractivity contribution in [1.82, 2.24) is 4.72 Å². The Hall–Kier alpha value is -3.22. The molecule has 0 aliphatic heterocycles. The maximum absolute atomic E-state index is 13.7. The molecule has 0 fully saturated rings. The molecule has 0 aromatic heterocycles. The van der Waals surface area contributed by atoms with Crippen LogP contribution in [0.25, 0.3) is 21.5 Å². The van der Waals surface area contributed by atoms with E-state index in [1.54, 1.807) is 12.1 Å². The van der Waals surface area contributed by atoms with Crippen LogP contribution in [0.15, 0.2) is 114 Å². The van der Waals surface area contributed by atoms with E-state index in [1.807, 2.05) is 98.8 Å². The summed E-state index contributed by atoms with van der Waals surface area (Å²) >= 11 is 6.03. The number of benzene rings is 5. The average Bonchev–Trinajstić information content (AvgIpc) is 2.94. The van der Waals surface area contributed by atoms with Gasteiger partial charge >= 0.3 is 0 Å². The van der Waals surface area contributed by atoms with Crippen LogP contribution < -0.4 is 4.72 Å². The molecule has 0 bridgehead atoms.